The van der Waals surface area contributed by atoms with Crippen LogP contribution in [0.2, 0.25) is 5.02 Å². The summed E-state index contributed by atoms with van der Waals surface area (Å²) in [5, 5.41) is 0.702. The summed E-state index contributed by atoms with van der Waals surface area (Å²) in [5.74, 6) is 0.775. The number of benzene rings is 1. The van der Waals surface area contributed by atoms with Gasteiger partial charge in [-0.2, -0.15) is 0 Å². The molecule has 1 aromatic rings. The molecule has 0 aromatic heterocycles. The Morgan fingerprint density at radius 1 is 1.19 bits per heavy atom. The molecule has 1 heterocycles. The lowest BCUT2D eigenvalue weighted by atomic mass is 10.2. The van der Waals surface area contributed by atoms with Crippen LogP contribution in [0.25, 0.3) is 0 Å². The quantitative estimate of drug-likeness (QED) is 0.735. The Hall–Kier alpha value is 0.290. The van der Waals surface area contributed by atoms with Gasteiger partial charge in [0.15, 0.2) is 0 Å². The number of likely N-dealkylation sites (N-methyl/N-ethyl adjacent to an activating group) is 1. The molecular weight excluding hydrogens is 398 g/mol. The molecule has 0 unspecified atom stereocenters. The van der Waals surface area contributed by atoms with Gasteiger partial charge in [0.05, 0.1) is 5.02 Å². The molecule has 0 saturated carbocycles. The number of rotatable bonds is 4. The lowest BCUT2D eigenvalue weighted by Gasteiger charge is -2.32. The van der Waals surface area contributed by atoms with Crippen molar-refractivity contribution in [1.29, 1.82) is 0 Å². The molecule has 1 aromatic carbocycles. The molecule has 1 saturated heterocycles. The molecule has 0 radical (unpaired) electrons. The van der Waals surface area contributed by atoms with Crippen molar-refractivity contribution in [2.24, 2.45) is 0 Å². The molecule has 1 fully saturated rings. The highest BCUT2D eigenvalue weighted by Crippen LogP contribution is 2.32. The minimum absolute atomic E-state index is 0. The van der Waals surface area contributed by atoms with Crippen molar-refractivity contribution < 1.29 is 4.74 Å². The number of ether oxygens (including phenoxy) is 1. The van der Waals surface area contributed by atoms with Gasteiger partial charge in [-0.05, 0) is 31.7 Å². The average molecular weight is 421 g/mol. The molecule has 2 rings (SSSR count). The molecule has 0 aliphatic carbocycles. The summed E-state index contributed by atoms with van der Waals surface area (Å²) in [6.45, 7) is 8.14. The van der Waals surface area contributed by atoms with Crippen LogP contribution in [-0.2, 0) is 0 Å². The normalized spacial score (nSPS) is 16.0. The smallest absolute Gasteiger partial charge is 0.138 e. The van der Waals surface area contributed by atoms with E-state index in [-0.39, 0.29) is 24.8 Å². The van der Waals surface area contributed by atoms with E-state index in [1.807, 2.05) is 19.1 Å². The Morgan fingerprint density at radius 3 is 2.43 bits per heavy atom. The minimum atomic E-state index is 0. The van der Waals surface area contributed by atoms with Crippen molar-refractivity contribution in [3.63, 3.8) is 0 Å². The number of hydrogen-bond acceptors (Lipinski definition) is 3. The average Bonchev–Trinajstić information content (AvgIpc) is 2.41. The van der Waals surface area contributed by atoms with Gasteiger partial charge >= 0.3 is 0 Å². The summed E-state index contributed by atoms with van der Waals surface area (Å²) < 4.78 is 6.81. The third-order valence-electron chi connectivity index (χ3n) is 3.55. The first-order valence-corrected chi connectivity index (χ1v) is 7.73. The molecule has 21 heavy (non-hydrogen) atoms. The van der Waals surface area contributed by atoms with Crippen LogP contribution >= 0.6 is 52.3 Å². The van der Waals surface area contributed by atoms with Crippen LogP contribution in [0.15, 0.2) is 16.6 Å². The SMILES string of the molecule is Cc1c(Br)ccc(OCCN2CCN(C)CC2)c1Cl.Cl.Cl. The van der Waals surface area contributed by atoms with Crippen LogP contribution in [0.3, 0.4) is 0 Å². The van der Waals surface area contributed by atoms with E-state index in [1.54, 1.807) is 0 Å². The molecule has 1 aliphatic rings. The minimum Gasteiger partial charge on any atom is -0.491 e. The lowest BCUT2D eigenvalue weighted by Crippen LogP contribution is -2.45. The van der Waals surface area contributed by atoms with Crippen molar-refractivity contribution in [2.45, 2.75) is 6.92 Å². The van der Waals surface area contributed by atoms with Gasteiger partial charge in [0.2, 0.25) is 0 Å². The summed E-state index contributed by atoms with van der Waals surface area (Å²) in [6, 6.07) is 3.90. The molecule has 0 spiro atoms. The number of piperazine rings is 1. The second kappa shape index (κ2) is 10.1. The predicted molar refractivity (Wildman–Crippen MR) is 97.8 cm³/mol. The van der Waals surface area contributed by atoms with Crippen LogP contribution < -0.4 is 4.74 Å². The standard InChI is InChI=1S/C14H20BrClN2O.2ClH/c1-11-12(15)3-4-13(14(11)16)19-10-9-18-7-5-17(2)6-8-18;;/h3-4H,5-10H2,1-2H3;2*1H. The molecule has 122 valence electrons. The zero-order valence-corrected chi connectivity index (χ0v) is 16.2. The van der Waals surface area contributed by atoms with Crippen molar-refractivity contribution >= 4 is 52.3 Å². The fourth-order valence-corrected chi connectivity index (χ4v) is 2.77. The lowest BCUT2D eigenvalue weighted by molar-refractivity contribution is 0.134. The van der Waals surface area contributed by atoms with Crippen LogP contribution in [0.5, 0.6) is 5.75 Å². The maximum atomic E-state index is 6.26. The molecule has 1 aliphatic heterocycles. The largest absolute Gasteiger partial charge is 0.491 e. The Bertz CT molecular complexity index is 440. The van der Waals surface area contributed by atoms with E-state index in [2.05, 4.69) is 32.8 Å². The predicted octanol–water partition coefficient (Wildman–Crippen LogP) is 3.88. The van der Waals surface area contributed by atoms with Gasteiger partial charge in [0, 0.05) is 37.2 Å². The van der Waals surface area contributed by atoms with Gasteiger partial charge in [0.25, 0.3) is 0 Å². The van der Waals surface area contributed by atoms with Crippen LogP contribution in [-0.4, -0.2) is 56.2 Å². The number of hydrogen-bond donors (Lipinski definition) is 0. The van der Waals surface area contributed by atoms with Crippen LogP contribution in [0.1, 0.15) is 5.56 Å². The maximum absolute atomic E-state index is 6.26. The van der Waals surface area contributed by atoms with Gasteiger partial charge in [-0.1, -0.05) is 27.5 Å². The van der Waals surface area contributed by atoms with Gasteiger partial charge < -0.3 is 9.64 Å². The zero-order valence-electron chi connectivity index (χ0n) is 12.3. The van der Waals surface area contributed by atoms with Crippen molar-refractivity contribution in [3.05, 3.63) is 27.2 Å². The summed E-state index contributed by atoms with van der Waals surface area (Å²) in [7, 11) is 2.16. The first kappa shape index (κ1) is 21.3. The second-order valence-corrected chi connectivity index (χ2v) is 6.21. The fourth-order valence-electron chi connectivity index (χ4n) is 2.10. The molecule has 0 atom stereocenters. The summed E-state index contributed by atoms with van der Waals surface area (Å²) in [6.07, 6.45) is 0. The molecule has 7 heteroatoms. The van der Waals surface area contributed by atoms with E-state index in [0.717, 1.165) is 48.5 Å². The molecule has 0 bridgehead atoms. The first-order valence-electron chi connectivity index (χ1n) is 6.56. The topological polar surface area (TPSA) is 15.7 Å². The Morgan fingerprint density at radius 2 is 1.81 bits per heavy atom. The van der Waals surface area contributed by atoms with Crippen molar-refractivity contribution in [2.75, 3.05) is 46.4 Å². The molecule has 3 nitrogen and oxygen atoms in total. The van der Waals surface area contributed by atoms with E-state index in [4.69, 9.17) is 16.3 Å². The maximum Gasteiger partial charge on any atom is 0.138 e. The van der Waals surface area contributed by atoms with Crippen LogP contribution in [0, 0.1) is 6.92 Å². The van der Waals surface area contributed by atoms with Crippen molar-refractivity contribution in [1.82, 2.24) is 9.80 Å². The Kier molecular flexibility index (Phi) is 10.3. The summed E-state index contributed by atoms with van der Waals surface area (Å²) >= 11 is 9.73. The highest BCUT2D eigenvalue weighted by molar-refractivity contribution is 9.10. The molecule has 0 amide bonds. The number of nitrogens with zero attached hydrogens (tertiary/aromatic N) is 2. The first-order chi connectivity index (χ1) is 9.08. The van der Waals surface area contributed by atoms with E-state index in [9.17, 15) is 0 Å². The highest BCUT2D eigenvalue weighted by Gasteiger charge is 2.14. The van der Waals surface area contributed by atoms with E-state index < -0.39 is 0 Å². The Labute approximate surface area is 152 Å². The molecule has 0 N–H and O–H groups in total. The summed E-state index contributed by atoms with van der Waals surface area (Å²) in [4.78, 5) is 4.78. The monoisotopic (exact) mass is 418 g/mol. The fraction of sp³-hybridized carbons (Fsp3) is 0.571. The number of halogens is 4. The third-order valence-corrected chi connectivity index (χ3v) is 4.87. The third kappa shape index (κ3) is 6.12. The zero-order chi connectivity index (χ0) is 13.8. The van der Waals surface area contributed by atoms with Gasteiger partial charge in [-0.15, -0.1) is 24.8 Å². The molecular formula is C14H22BrCl3N2O. The van der Waals surface area contributed by atoms with Gasteiger partial charge in [0.1, 0.15) is 12.4 Å². The summed E-state index contributed by atoms with van der Waals surface area (Å²) in [5.41, 5.74) is 1.03. The van der Waals surface area contributed by atoms with Gasteiger partial charge in [-0.25, -0.2) is 0 Å². The Balaban J connectivity index is 0.00000200. The second-order valence-electron chi connectivity index (χ2n) is 4.98. The van der Waals surface area contributed by atoms with Crippen LogP contribution in [0.4, 0.5) is 0 Å². The van der Waals surface area contributed by atoms with E-state index in [1.165, 1.54) is 0 Å². The van der Waals surface area contributed by atoms with E-state index >= 15 is 0 Å². The highest BCUT2D eigenvalue weighted by atomic mass is 79.9. The van der Waals surface area contributed by atoms with E-state index in [0.29, 0.717) is 11.6 Å². The van der Waals surface area contributed by atoms with Crippen molar-refractivity contribution in [3.8, 4) is 5.75 Å². The van der Waals surface area contributed by atoms with Gasteiger partial charge in [-0.3, -0.25) is 4.90 Å².